The number of carboxylic acid groups (broad SMARTS) is 1. The summed E-state index contributed by atoms with van der Waals surface area (Å²) in [6.45, 7) is 1.75. The Morgan fingerprint density at radius 3 is 2.92 bits per heavy atom. The predicted molar refractivity (Wildman–Crippen MR) is 42.5 cm³/mol. The molecule has 1 N–H and O–H groups in total. The SMILES string of the molecule is Cc1cncc2nnc(C(=O)O)n12. The van der Waals surface area contributed by atoms with E-state index in [-0.39, 0.29) is 5.82 Å². The van der Waals surface area contributed by atoms with E-state index in [0.29, 0.717) is 11.3 Å². The monoisotopic (exact) mass is 178 g/mol. The first-order chi connectivity index (χ1) is 6.20. The van der Waals surface area contributed by atoms with Crippen LogP contribution in [0.15, 0.2) is 12.4 Å². The van der Waals surface area contributed by atoms with Gasteiger partial charge in [0.2, 0.25) is 5.82 Å². The third-order valence-electron chi connectivity index (χ3n) is 1.68. The molecule has 13 heavy (non-hydrogen) atoms. The molecule has 66 valence electrons. The van der Waals surface area contributed by atoms with E-state index >= 15 is 0 Å². The van der Waals surface area contributed by atoms with Crippen molar-refractivity contribution in [1.82, 2.24) is 19.6 Å². The molecule has 6 heteroatoms. The Morgan fingerprint density at radius 1 is 1.46 bits per heavy atom. The maximum Gasteiger partial charge on any atom is 0.374 e. The molecule has 0 aromatic carbocycles. The number of hydrogen-bond acceptors (Lipinski definition) is 4. The van der Waals surface area contributed by atoms with Crippen molar-refractivity contribution in [3.8, 4) is 0 Å². The van der Waals surface area contributed by atoms with E-state index in [4.69, 9.17) is 5.11 Å². The number of carbonyl (C=O) groups is 1. The number of aromatic nitrogens is 4. The zero-order chi connectivity index (χ0) is 9.42. The number of carboxylic acids is 1. The summed E-state index contributed by atoms with van der Waals surface area (Å²) < 4.78 is 1.44. The summed E-state index contributed by atoms with van der Waals surface area (Å²) >= 11 is 0. The fraction of sp³-hybridized carbons (Fsp3) is 0.143. The first-order valence-electron chi connectivity index (χ1n) is 3.59. The zero-order valence-electron chi connectivity index (χ0n) is 6.80. The van der Waals surface area contributed by atoms with Gasteiger partial charge in [-0.15, -0.1) is 10.2 Å². The topological polar surface area (TPSA) is 80.4 Å². The number of aryl methyl sites for hydroxylation is 1. The number of aromatic carboxylic acids is 1. The smallest absolute Gasteiger partial charge is 0.374 e. The molecule has 2 rings (SSSR count). The maximum atomic E-state index is 10.7. The molecule has 2 aromatic heterocycles. The van der Waals surface area contributed by atoms with Crippen LogP contribution in [-0.2, 0) is 0 Å². The van der Waals surface area contributed by atoms with Gasteiger partial charge in [0.1, 0.15) is 0 Å². The lowest BCUT2D eigenvalue weighted by Gasteiger charge is -1.97. The quantitative estimate of drug-likeness (QED) is 0.671. The fourth-order valence-electron chi connectivity index (χ4n) is 1.14. The molecule has 0 bridgehead atoms. The molecule has 0 aliphatic carbocycles. The first-order valence-corrected chi connectivity index (χ1v) is 3.59. The van der Waals surface area contributed by atoms with Crippen LogP contribution in [0.25, 0.3) is 5.65 Å². The van der Waals surface area contributed by atoms with Gasteiger partial charge in [0, 0.05) is 11.9 Å². The Balaban J connectivity index is 2.86. The van der Waals surface area contributed by atoms with E-state index < -0.39 is 5.97 Å². The second-order valence-corrected chi connectivity index (χ2v) is 2.57. The lowest BCUT2D eigenvalue weighted by Crippen LogP contribution is -2.05. The lowest BCUT2D eigenvalue weighted by molar-refractivity contribution is 0.0682. The standard InChI is InChI=1S/C7H6N4O2/c1-4-2-8-3-5-9-10-6(7(12)13)11(4)5/h2-3H,1H3,(H,12,13). The third-order valence-corrected chi connectivity index (χ3v) is 1.68. The van der Waals surface area contributed by atoms with Crippen LogP contribution < -0.4 is 0 Å². The van der Waals surface area contributed by atoms with Crippen molar-refractivity contribution >= 4 is 11.6 Å². The van der Waals surface area contributed by atoms with E-state index in [1.54, 1.807) is 13.1 Å². The Morgan fingerprint density at radius 2 is 2.23 bits per heavy atom. The number of nitrogens with zero attached hydrogens (tertiary/aromatic N) is 4. The van der Waals surface area contributed by atoms with Crippen LogP contribution in [0.3, 0.4) is 0 Å². The summed E-state index contributed by atoms with van der Waals surface area (Å²) in [7, 11) is 0. The van der Waals surface area contributed by atoms with Gasteiger partial charge >= 0.3 is 5.97 Å². The zero-order valence-corrected chi connectivity index (χ0v) is 6.80. The molecule has 2 heterocycles. The summed E-state index contributed by atoms with van der Waals surface area (Å²) in [5.41, 5.74) is 1.14. The third kappa shape index (κ3) is 1.03. The summed E-state index contributed by atoms with van der Waals surface area (Å²) in [5, 5.41) is 16.0. The summed E-state index contributed by atoms with van der Waals surface area (Å²) in [4.78, 5) is 14.6. The molecule has 0 atom stereocenters. The van der Waals surface area contributed by atoms with Crippen LogP contribution in [0.2, 0.25) is 0 Å². The van der Waals surface area contributed by atoms with E-state index in [1.807, 2.05) is 0 Å². The van der Waals surface area contributed by atoms with Gasteiger partial charge in [0.15, 0.2) is 5.65 Å². The van der Waals surface area contributed by atoms with Gasteiger partial charge in [-0.2, -0.15) is 0 Å². The van der Waals surface area contributed by atoms with E-state index in [0.717, 1.165) is 0 Å². The number of rotatable bonds is 1. The molecular weight excluding hydrogens is 172 g/mol. The van der Waals surface area contributed by atoms with Crippen molar-refractivity contribution in [3.05, 3.63) is 23.9 Å². The van der Waals surface area contributed by atoms with Gasteiger partial charge in [-0.25, -0.2) is 4.79 Å². The van der Waals surface area contributed by atoms with Crippen molar-refractivity contribution in [3.63, 3.8) is 0 Å². The largest absolute Gasteiger partial charge is 0.475 e. The van der Waals surface area contributed by atoms with E-state index in [9.17, 15) is 4.79 Å². The molecule has 6 nitrogen and oxygen atoms in total. The van der Waals surface area contributed by atoms with Crippen LogP contribution in [-0.4, -0.2) is 30.7 Å². The minimum atomic E-state index is -1.10. The van der Waals surface area contributed by atoms with Gasteiger partial charge in [0.05, 0.1) is 6.20 Å². The van der Waals surface area contributed by atoms with Gasteiger partial charge in [-0.1, -0.05) is 0 Å². The average molecular weight is 178 g/mol. The first kappa shape index (κ1) is 7.66. The van der Waals surface area contributed by atoms with Crippen molar-refractivity contribution < 1.29 is 9.90 Å². The lowest BCUT2D eigenvalue weighted by atomic mass is 10.4. The van der Waals surface area contributed by atoms with Crippen molar-refractivity contribution in [2.75, 3.05) is 0 Å². The highest BCUT2D eigenvalue weighted by atomic mass is 16.4. The Hall–Kier alpha value is -1.98. The molecule has 0 amide bonds. The highest BCUT2D eigenvalue weighted by Gasteiger charge is 2.13. The Kier molecular flexibility index (Phi) is 1.48. The predicted octanol–water partition coefficient (Wildman–Crippen LogP) is 0.131. The molecule has 0 saturated heterocycles. The molecule has 0 aliphatic heterocycles. The molecule has 0 aliphatic rings. The van der Waals surface area contributed by atoms with Crippen LogP contribution >= 0.6 is 0 Å². The fourth-order valence-corrected chi connectivity index (χ4v) is 1.14. The van der Waals surface area contributed by atoms with Crippen LogP contribution in [0.5, 0.6) is 0 Å². The summed E-state index contributed by atoms with van der Waals surface area (Å²) in [6.07, 6.45) is 3.02. The maximum absolute atomic E-state index is 10.7. The van der Waals surface area contributed by atoms with E-state index in [2.05, 4.69) is 15.2 Å². The Bertz CT molecular complexity index is 476. The highest BCUT2D eigenvalue weighted by Crippen LogP contribution is 2.05. The second-order valence-electron chi connectivity index (χ2n) is 2.57. The van der Waals surface area contributed by atoms with Crippen LogP contribution in [0.1, 0.15) is 16.3 Å². The minimum Gasteiger partial charge on any atom is -0.475 e. The molecule has 0 spiro atoms. The van der Waals surface area contributed by atoms with Crippen LogP contribution in [0, 0.1) is 6.92 Å². The average Bonchev–Trinajstić information content (AvgIpc) is 2.49. The summed E-state index contributed by atoms with van der Waals surface area (Å²) in [6, 6.07) is 0. The van der Waals surface area contributed by atoms with Crippen molar-refractivity contribution in [1.29, 1.82) is 0 Å². The molecule has 0 radical (unpaired) electrons. The molecule has 2 aromatic rings. The van der Waals surface area contributed by atoms with Gasteiger partial charge in [-0.3, -0.25) is 9.38 Å². The summed E-state index contributed by atoms with van der Waals surface area (Å²) in [5.74, 6) is -1.18. The van der Waals surface area contributed by atoms with E-state index in [1.165, 1.54) is 10.6 Å². The van der Waals surface area contributed by atoms with Gasteiger partial charge in [0.25, 0.3) is 0 Å². The second kappa shape index (κ2) is 2.51. The minimum absolute atomic E-state index is 0.0881. The number of fused-ring (bicyclic) bond motifs is 1. The normalized spacial score (nSPS) is 10.5. The van der Waals surface area contributed by atoms with Crippen LogP contribution in [0.4, 0.5) is 0 Å². The number of hydrogen-bond donors (Lipinski definition) is 1. The molecule has 0 saturated carbocycles. The van der Waals surface area contributed by atoms with Gasteiger partial charge < -0.3 is 5.11 Å². The molecule has 0 unspecified atom stereocenters. The highest BCUT2D eigenvalue weighted by molar-refractivity contribution is 5.84. The molecule has 0 fully saturated rings. The van der Waals surface area contributed by atoms with Crippen molar-refractivity contribution in [2.24, 2.45) is 0 Å². The molecular formula is C7H6N4O2. The van der Waals surface area contributed by atoms with Crippen molar-refractivity contribution in [2.45, 2.75) is 6.92 Å². The van der Waals surface area contributed by atoms with Gasteiger partial charge in [-0.05, 0) is 6.92 Å². The Labute approximate surface area is 72.9 Å².